The standard InChI is InChI=1S/C34H38N2O5S/c1-23-13-15-27(16-14-23)42(38,39)41-22-24(2)19-26-20-28(33(37)40-3)31-34(29-11-7-8-12-30(29)35-31)17-18-36(32(26)34)21-25-9-5-4-6-10-25/h4-16,24,26,32,35H,17-22H2,1-3H3/t24?,26-,32+,34+/m0/s1. The minimum atomic E-state index is -3.87. The SMILES string of the molecule is COC(=O)C1=C2Nc3ccccc3[C@]23CCN(Cc2ccccc2)[C@@H]3[C@@H](CC(C)COS(=O)(=O)c2ccc(C)cc2)C1. The fraction of sp³-hybridized carbons (Fsp3) is 0.382. The molecule has 1 unspecified atom stereocenters. The third-order valence-electron chi connectivity index (χ3n) is 9.20. The maximum atomic E-state index is 13.2. The zero-order valence-corrected chi connectivity index (χ0v) is 25.2. The third-order valence-corrected chi connectivity index (χ3v) is 10.5. The Hall–Kier alpha value is -3.46. The molecule has 0 saturated carbocycles. The molecule has 220 valence electrons. The summed E-state index contributed by atoms with van der Waals surface area (Å²) in [6.07, 6.45) is 2.14. The van der Waals surface area contributed by atoms with Crippen molar-refractivity contribution in [3.8, 4) is 0 Å². The van der Waals surface area contributed by atoms with Crippen LogP contribution in [-0.4, -0.2) is 45.6 Å². The van der Waals surface area contributed by atoms with Crippen molar-refractivity contribution in [2.75, 3.05) is 25.6 Å². The van der Waals surface area contributed by atoms with Crippen molar-refractivity contribution in [2.45, 2.75) is 56.0 Å². The number of likely N-dealkylation sites (tertiary alicyclic amines) is 1. The average molecular weight is 587 g/mol. The molecule has 6 rings (SSSR count). The Morgan fingerprint density at radius 2 is 1.76 bits per heavy atom. The minimum absolute atomic E-state index is 0.0588. The number of rotatable bonds is 9. The van der Waals surface area contributed by atoms with Crippen LogP contribution in [-0.2, 0) is 35.8 Å². The van der Waals surface area contributed by atoms with E-state index in [0.717, 1.165) is 36.5 Å². The van der Waals surface area contributed by atoms with Crippen molar-refractivity contribution in [2.24, 2.45) is 11.8 Å². The Balaban J connectivity index is 1.33. The summed E-state index contributed by atoms with van der Waals surface area (Å²) in [7, 11) is -2.43. The largest absolute Gasteiger partial charge is 0.466 e. The number of hydrogen-bond acceptors (Lipinski definition) is 7. The van der Waals surface area contributed by atoms with E-state index < -0.39 is 10.1 Å². The predicted molar refractivity (Wildman–Crippen MR) is 162 cm³/mol. The normalized spacial score (nSPS) is 24.0. The van der Waals surface area contributed by atoms with Crippen LogP contribution in [0.2, 0.25) is 0 Å². The van der Waals surface area contributed by atoms with Crippen LogP contribution in [0.3, 0.4) is 0 Å². The molecule has 4 atom stereocenters. The number of anilines is 1. The lowest BCUT2D eigenvalue weighted by atomic mass is 9.62. The van der Waals surface area contributed by atoms with Crippen molar-refractivity contribution < 1.29 is 22.1 Å². The molecule has 0 amide bonds. The van der Waals surface area contributed by atoms with Gasteiger partial charge < -0.3 is 10.1 Å². The molecule has 0 aromatic heterocycles. The summed E-state index contributed by atoms with van der Waals surface area (Å²) >= 11 is 0. The highest BCUT2D eigenvalue weighted by molar-refractivity contribution is 7.86. The molecule has 0 radical (unpaired) electrons. The van der Waals surface area contributed by atoms with Gasteiger partial charge in [0.15, 0.2) is 0 Å². The Bertz CT molecular complexity index is 1600. The molecule has 1 saturated heterocycles. The van der Waals surface area contributed by atoms with Gasteiger partial charge in [-0.05, 0) is 67.3 Å². The van der Waals surface area contributed by atoms with E-state index in [2.05, 4.69) is 52.7 Å². The summed E-state index contributed by atoms with van der Waals surface area (Å²) in [5.41, 5.74) is 5.79. The predicted octanol–water partition coefficient (Wildman–Crippen LogP) is 5.81. The van der Waals surface area contributed by atoms with Gasteiger partial charge in [-0.2, -0.15) is 8.42 Å². The third kappa shape index (κ3) is 5.06. The summed E-state index contributed by atoms with van der Waals surface area (Å²) in [6.45, 7) is 5.72. The molecule has 1 spiro atoms. The van der Waals surface area contributed by atoms with Gasteiger partial charge in [-0.1, -0.05) is 73.2 Å². The van der Waals surface area contributed by atoms with E-state index in [1.807, 2.05) is 26.0 Å². The molecule has 1 aliphatic carbocycles. The number of nitrogens with one attached hydrogen (secondary N) is 1. The van der Waals surface area contributed by atoms with Crippen LogP contribution in [0.5, 0.6) is 0 Å². The molecule has 3 aromatic rings. The van der Waals surface area contributed by atoms with Gasteiger partial charge in [0.05, 0.1) is 29.6 Å². The number of benzene rings is 3. The number of ether oxygens (including phenoxy) is 1. The first-order chi connectivity index (χ1) is 20.2. The average Bonchev–Trinajstić information content (AvgIpc) is 3.54. The van der Waals surface area contributed by atoms with E-state index in [9.17, 15) is 13.2 Å². The van der Waals surface area contributed by atoms with E-state index in [0.29, 0.717) is 18.4 Å². The molecule has 42 heavy (non-hydrogen) atoms. The second-order valence-corrected chi connectivity index (χ2v) is 13.6. The van der Waals surface area contributed by atoms with Crippen LogP contribution < -0.4 is 5.32 Å². The number of esters is 1. The quantitative estimate of drug-likeness (QED) is 0.250. The molecule has 2 aliphatic heterocycles. The lowest BCUT2D eigenvalue weighted by Crippen LogP contribution is -2.51. The van der Waals surface area contributed by atoms with Gasteiger partial charge in [-0.15, -0.1) is 0 Å². The highest BCUT2D eigenvalue weighted by Gasteiger charge is 2.60. The van der Waals surface area contributed by atoms with Crippen molar-refractivity contribution in [3.63, 3.8) is 0 Å². The van der Waals surface area contributed by atoms with Crippen LogP contribution in [0.1, 0.15) is 42.9 Å². The van der Waals surface area contributed by atoms with E-state index in [1.165, 1.54) is 18.2 Å². The number of carbonyl (C=O) groups excluding carboxylic acids is 1. The summed E-state index contributed by atoms with van der Waals surface area (Å²) in [4.78, 5) is 16.0. The maximum absolute atomic E-state index is 13.2. The Labute approximate surface area is 248 Å². The topological polar surface area (TPSA) is 84.9 Å². The molecular weight excluding hydrogens is 548 g/mol. The molecule has 7 nitrogen and oxygen atoms in total. The summed E-state index contributed by atoms with van der Waals surface area (Å²) < 4.78 is 36.8. The van der Waals surface area contributed by atoms with Crippen LogP contribution in [0.4, 0.5) is 5.69 Å². The van der Waals surface area contributed by atoms with E-state index in [4.69, 9.17) is 8.92 Å². The lowest BCUT2D eigenvalue weighted by Gasteiger charge is -2.46. The van der Waals surface area contributed by atoms with E-state index in [1.54, 1.807) is 24.3 Å². The van der Waals surface area contributed by atoms with Crippen molar-refractivity contribution in [1.29, 1.82) is 0 Å². The molecule has 3 aliphatic rings. The Kier molecular flexibility index (Phi) is 7.72. The fourth-order valence-corrected chi connectivity index (χ4v) is 8.47. The van der Waals surface area contributed by atoms with Crippen LogP contribution in [0.15, 0.2) is 95.0 Å². The van der Waals surface area contributed by atoms with Crippen LogP contribution in [0, 0.1) is 18.8 Å². The monoisotopic (exact) mass is 586 g/mol. The number of aryl methyl sites for hydroxylation is 1. The van der Waals surface area contributed by atoms with E-state index in [-0.39, 0.29) is 40.8 Å². The van der Waals surface area contributed by atoms with Gasteiger partial charge in [0.2, 0.25) is 0 Å². The van der Waals surface area contributed by atoms with Crippen LogP contribution in [0.25, 0.3) is 0 Å². The van der Waals surface area contributed by atoms with Crippen LogP contribution >= 0.6 is 0 Å². The first-order valence-corrected chi connectivity index (χ1v) is 16.1. The molecule has 0 bridgehead atoms. The highest BCUT2D eigenvalue weighted by atomic mass is 32.2. The zero-order chi connectivity index (χ0) is 29.5. The fourth-order valence-electron chi connectivity index (χ4n) is 7.45. The molecule has 3 aromatic carbocycles. The Morgan fingerprint density at radius 1 is 1.05 bits per heavy atom. The second kappa shape index (κ2) is 11.3. The summed E-state index contributed by atoms with van der Waals surface area (Å²) in [5, 5.41) is 3.64. The number of carbonyl (C=O) groups is 1. The molecule has 2 heterocycles. The molecular formula is C34H38N2O5S. The van der Waals surface area contributed by atoms with Gasteiger partial charge in [-0.25, -0.2) is 4.79 Å². The second-order valence-electron chi connectivity index (χ2n) is 12.0. The zero-order valence-electron chi connectivity index (χ0n) is 24.4. The van der Waals surface area contributed by atoms with Crippen molar-refractivity contribution in [3.05, 3.63) is 107 Å². The number of para-hydroxylation sites is 1. The van der Waals surface area contributed by atoms with Gasteiger partial charge in [0, 0.05) is 30.5 Å². The van der Waals surface area contributed by atoms with Gasteiger partial charge in [0.1, 0.15) is 0 Å². The summed E-state index contributed by atoms with van der Waals surface area (Å²) in [6, 6.07) is 25.7. The minimum Gasteiger partial charge on any atom is -0.466 e. The van der Waals surface area contributed by atoms with Crippen molar-refractivity contribution in [1.82, 2.24) is 4.90 Å². The Morgan fingerprint density at radius 3 is 2.50 bits per heavy atom. The van der Waals surface area contributed by atoms with Gasteiger partial charge in [-0.3, -0.25) is 9.08 Å². The number of methoxy groups -OCH3 is 1. The number of hydrogen-bond donors (Lipinski definition) is 1. The van der Waals surface area contributed by atoms with E-state index >= 15 is 0 Å². The molecule has 1 fully saturated rings. The van der Waals surface area contributed by atoms with Gasteiger partial charge >= 0.3 is 5.97 Å². The smallest absolute Gasteiger partial charge is 0.335 e. The van der Waals surface area contributed by atoms with Gasteiger partial charge in [0.25, 0.3) is 10.1 Å². The highest BCUT2D eigenvalue weighted by Crippen LogP contribution is 2.60. The first kappa shape index (κ1) is 28.6. The number of fused-ring (bicyclic) bond motifs is 1. The first-order valence-electron chi connectivity index (χ1n) is 14.7. The molecule has 8 heteroatoms. The molecule has 1 N–H and O–H groups in total. The summed E-state index contributed by atoms with van der Waals surface area (Å²) in [5.74, 6) is -0.278. The maximum Gasteiger partial charge on any atom is 0.335 e. The lowest BCUT2D eigenvalue weighted by molar-refractivity contribution is -0.136. The van der Waals surface area contributed by atoms with Crippen molar-refractivity contribution >= 4 is 21.8 Å². The number of nitrogens with zero attached hydrogens (tertiary/aromatic N) is 1.